The van der Waals surface area contributed by atoms with Gasteiger partial charge in [0.1, 0.15) is 0 Å². The zero-order chi connectivity index (χ0) is 14.8. The van der Waals surface area contributed by atoms with Gasteiger partial charge in [-0.3, -0.25) is 0 Å². The van der Waals surface area contributed by atoms with Gasteiger partial charge in [0.05, 0.1) is 5.69 Å². The molecule has 0 bridgehead atoms. The van der Waals surface area contributed by atoms with Crippen LogP contribution < -0.4 is 10.6 Å². The Morgan fingerprint density at radius 3 is 2.82 bits per heavy atom. The molecule has 0 spiro atoms. The van der Waals surface area contributed by atoms with E-state index in [9.17, 15) is 0 Å². The molecule has 1 fully saturated rings. The van der Waals surface area contributed by atoms with E-state index in [1.807, 2.05) is 12.3 Å². The number of hydrogen-bond donors (Lipinski definition) is 2. The molecule has 4 rings (SSSR count). The number of benzene rings is 2. The van der Waals surface area contributed by atoms with Crippen molar-refractivity contribution in [1.82, 2.24) is 15.3 Å². The molecule has 0 saturated carbocycles. The molecular weight excluding hydrogens is 272 g/mol. The zero-order valence-corrected chi connectivity index (χ0v) is 12.3. The molecule has 1 unspecified atom stereocenters. The topological polar surface area (TPSA) is 49.8 Å². The van der Waals surface area contributed by atoms with Gasteiger partial charge in [-0.05, 0) is 35.9 Å². The van der Waals surface area contributed by atoms with Crippen molar-refractivity contribution in [2.75, 3.05) is 18.4 Å². The first-order valence-corrected chi connectivity index (χ1v) is 7.68. The third-order valence-corrected chi connectivity index (χ3v) is 4.09. The highest BCUT2D eigenvalue weighted by Gasteiger charge is 2.15. The average Bonchev–Trinajstić information content (AvgIpc) is 3.08. The van der Waals surface area contributed by atoms with Gasteiger partial charge in [-0.2, -0.15) is 0 Å². The molecule has 1 aliphatic heterocycles. The summed E-state index contributed by atoms with van der Waals surface area (Å²) in [7, 11) is 0. The summed E-state index contributed by atoms with van der Waals surface area (Å²) in [5.41, 5.74) is 2.07. The molecule has 0 radical (unpaired) electrons. The molecule has 2 aromatic carbocycles. The largest absolute Gasteiger partial charge is 0.350 e. The summed E-state index contributed by atoms with van der Waals surface area (Å²) in [6, 6.07) is 17.2. The molecule has 110 valence electrons. The molecule has 0 amide bonds. The van der Waals surface area contributed by atoms with Crippen LogP contribution in [-0.2, 0) is 0 Å². The van der Waals surface area contributed by atoms with Crippen LogP contribution in [0.1, 0.15) is 6.42 Å². The number of hydrogen-bond acceptors (Lipinski definition) is 4. The van der Waals surface area contributed by atoms with E-state index in [-0.39, 0.29) is 0 Å². The smallest absolute Gasteiger partial charge is 0.223 e. The van der Waals surface area contributed by atoms with Gasteiger partial charge in [0, 0.05) is 24.3 Å². The number of rotatable bonds is 3. The van der Waals surface area contributed by atoms with E-state index in [0.29, 0.717) is 12.0 Å². The molecule has 1 atom stereocenters. The molecule has 1 aromatic heterocycles. The maximum Gasteiger partial charge on any atom is 0.223 e. The SMILES string of the molecule is c1ccc2cc(-c3ccnc(NC4CCNC4)n3)ccc2c1. The van der Waals surface area contributed by atoms with E-state index in [1.165, 1.54) is 10.8 Å². The maximum atomic E-state index is 4.66. The predicted molar refractivity (Wildman–Crippen MR) is 89.9 cm³/mol. The summed E-state index contributed by atoms with van der Waals surface area (Å²) < 4.78 is 0. The van der Waals surface area contributed by atoms with Gasteiger partial charge in [0.25, 0.3) is 0 Å². The highest BCUT2D eigenvalue weighted by molar-refractivity contribution is 5.86. The lowest BCUT2D eigenvalue weighted by Crippen LogP contribution is -2.23. The van der Waals surface area contributed by atoms with Crippen molar-refractivity contribution in [1.29, 1.82) is 0 Å². The van der Waals surface area contributed by atoms with Crippen LogP contribution in [0, 0.1) is 0 Å². The van der Waals surface area contributed by atoms with E-state index in [0.717, 1.165) is 30.8 Å². The fourth-order valence-electron chi connectivity index (χ4n) is 2.90. The van der Waals surface area contributed by atoms with Crippen LogP contribution >= 0.6 is 0 Å². The van der Waals surface area contributed by atoms with Gasteiger partial charge in [-0.1, -0.05) is 36.4 Å². The molecule has 4 nitrogen and oxygen atoms in total. The Labute approximate surface area is 129 Å². The molecule has 2 N–H and O–H groups in total. The monoisotopic (exact) mass is 290 g/mol. The van der Waals surface area contributed by atoms with E-state index in [4.69, 9.17) is 0 Å². The zero-order valence-electron chi connectivity index (χ0n) is 12.3. The second kappa shape index (κ2) is 5.73. The first-order valence-electron chi connectivity index (χ1n) is 7.68. The van der Waals surface area contributed by atoms with Crippen LogP contribution in [0.15, 0.2) is 54.7 Å². The van der Waals surface area contributed by atoms with Crippen molar-refractivity contribution in [2.45, 2.75) is 12.5 Å². The van der Waals surface area contributed by atoms with Crippen molar-refractivity contribution in [3.8, 4) is 11.3 Å². The molecular formula is C18H18N4. The summed E-state index contributed by atoms with van der Waals surface area (Å²) in [4.78, 5) is 9.00. The Morgan fingerprint density at radius 1 is 1.05 bits per heavy atom. The summed E-state index contributed by atoms with van der Waals surface area (Å²) >= 11 is 0. The average molecular weight is 290 g/mol. The van der Waals surface area contributed by atoms with E-state index >= 15 is 0 Å². The van der Waals surface area contributed by atoms with Crippen LogP contribution in [0.3, 0.4) is 0 Å². The first-order chi connectivity index (χ1) is 10.9. The first kappa shape index (κ1) is 13.2. The number of nitrogens with one attached hydrogen (secondary N) is 2. The number of aromatic nitrogens is 2. The van der Waals surface area contributed by atoms with Gasteiger partial charge in [0.15, 0.2) is 0 Å². The van der Waals surface area contributed by atoms with Gasteiger partial charge in [-0.15, -0.1) is 0 Å². The summed E-state index contributed by atoms with van der Waals surface area (Å²) in [6.45, 7) is 2.03. The third kappa shape index (κ3) is 2.65. The highest BCUT2D eigenvalue weighted by Crippen LogP contribution is 2.23. The second-order valence-corrected chi connectivity index (χ2v) is 5.66. The minimum atomic E-state index is 0.423. The fraction of sp³-hybridized carbons (Fsp3) is 0.222. The summed E-state index contributed by atoms with van der Waals surface area (Å²) in [5, 5.41) is 9.22. The molecule has 3 aromatic rings. The normalized spacial score (nSPS) is 17.7. The van der Waals surface area contributed by atoms with Crippen LogP contribution in [-0.4, -0.2) is 29.1 Å². The number of fused-ring (bicyclic) bond motifs is 1. The van der Waals surface area contributed by atoms with Crippen LogP contribution in [0.2, 0.25) is 0 Å². The number of nitrogens with zero attached hydrogens (tertiary/aromatic N) is 2. The van der Waals surface area contributed by atoms with E-state index in [1.54, 1.807) is 0 Å². The van der Waals surface area contributed by atoms with Crippen molar-refractivity contribution in [3.63, 3.8) is 0 Å². The Bertz CT molecular complexity index is 794. The lowest BCUT2D eigenvalue weighted by Gasteiger charge is -2.12. The molecule has 1 saturated heterocycles. The summed E-state index contributed by atoms with van der Waals surface area (Å²) in [5.74, 6) is 0.708. The predicted octanol–water partition coefficient (Wildman–Crippen LogP) is 3.07. The lowest BCUT2D eigenvalue weighted by molar-refractivity contribution is 0.781. The Hall–Kier alpha value is -2.46. The second-order valence-electron chi connectivity index (χ2n) is 5.66. The van der Waals surface area contributed by atoms with Crippen molar-refractivity contribution < 1.29 is 0 Å². The minimum absolute atomic E-state index is 0.423. The van der Waals surface area contributed by atoms with Crippen LogP contribution in [0.4, 0.5) is 5.95 Å². The number of anilines is 1. The highest BCUT2D eigenvalue weighted by atomic mass is 15.1. The Morgan fingerprint density at radius 2 is 1.95 bits per heavy atom. The Balaban J connectivity index is 1.65. The van der Waals surface area contributed by atoms with E-state index in [2.05, 4.69) is 63.1 Å². The van der Waals surface area contributed by atoms with Gasteiger partial charge < -0.3 is 10.6 Å². The fourth-order valence-corrected chi connectivity index (χ4v) is 2.90. The molecule has 1 aliphatic rings. The van der Waals surface area contributed by atoms with Crippen molar-refractivity contribution >= 4 is 16.7 Å². The maximum absolute atomic E-state index is 4.66. The molecule has 2 heterocycles. The van der Waals surface area contributed by atoms with Gasteiger partial charge in [0.2, 0.25) is 5.95 Å². The van der Waals surface area contributed by atoms with Crippen molar-refractivity contribution in [2.24, 2.45) is 0 Å². The summed E-state index contributed by atoms with van der Waals surface area (Å²) in [6.07, 6.45) is 2.94. The quantitative estimate of drug-likeness (QED) is 0.778. The van der Waals surface area contributed by atoms with Crippen LogP contribution in [0.5, 0.6) is 0 Å². The van der Waals surface area contributed by atoms with Gasteiger partial charge >= 0.3 is 0 Å². The standard InChI is InChI=1S/C18H18N4/c1-2-4-14-11-15(6-5-13(14)3-1)17-8-10-20-18(22-17)21-16-7-9-19-12-16/h1-6,8,10-11,16,19H,7,9,12H2,(H,20,21,22). The Kier molecular flexibility index (Phi) is 3.45. The molecule has 0 aliphatic carbocycles. The minimum Gasteiger partial charge on any atom is -0.350 e. The van der Waals surface area contributed by atoms with E-state index < -0.39 is 0 Å². The molecule has 4 heteroatoms. The van der Waals surface area contributed by atoms with Gasteiger partial charge in [-0.25, -0.2) is 9.97 Å². The lowest BCUT2D eigenvalue weighted by atomic mass is 10.1. The van der Waals surface area contributed by atoms with Crippen LogP contribution in [0.25, 0.3) is 22.0 Å². The third-order valence-electron chi connectivity index (χ3n) is 4.09. The van der Waals surface area contributed by atoms with Crippen molar-refractivity contribution in [3.05, 3.63) is 54.7 Å². The molecule has 22 heavy (non-hydrogen) atoms.